The summed E-state index contributed by atoms with van der Waals surface area (Å²) in [5, 5.41) is 1.11. The summed E-state index contributed by atoms with van der Waals surface area (Å²) in [5.41, 5.74) is 0.952. The Kier molecular flexibility index (Phi) is 2.70. The molecule has 2 rings (SSSR count). The second-order valence-corrected chi connectivity index (χ2v) is 4.28. The van der Waals surface area contributed by atoms with Crippen molar-refractivity contribution in [2.45, 2.75) is 0 Å². The van der Waals surface area contributed by atoms with Crippen molar-refractivity contribution >= 4 is 33.2 Å². The Hall–Kier alpha value is -1.06. The third-order valence-corrected chi connectivity index (χ3v) is 2.68. The molecule has 0 radical (unpaired) electrons. The zero-order valence-corrected chi connectivity index (χ0v) is 8.94. The Morgan fingerprint density at radius 2 is 2.29 bits per heavy atom. The fraction of sp³-hybridized carbons (Fsp3) is 0.100. The van der Waals surface area contributed by atoms with Gasteiger partial charge in [0.1, 0.15) is 6.61 Å². The van der Waals surface area contributed by atoms with Gasteiger partial charge < -0.3 is 4.74 Å². The van der Waals surface area contributed by atoms with Crippen LogP contribution >= 0.6 is 22.9 Å². The van der Waals surface area contributed by atoms with Gasteiger partial charge in [-0.1, -0.05) is 41.6 Å². The van der Waals surface area contributed by atoms with E-state index in [-0.39, 0.29) is 0 Å². The van der Waals surface area contributed by atoms with Crippen LogP contribution in [0.2, 0.25) is 0 Å². The second kappa shape index (κ2) is 3.98. The highest BCUT2D eigenvalue weighted by Crippen LogP contribution is 2.27. The predicted octanol–water partition coefficient (Wildman–Crippen LogP) is 3.43. The highest BCUT2D eigenvalue weighted by molar-refractivity contribution is 7.20. The number of fused-ring (bicyclic) bond motifs is 1. The monoisotopic (exact) mass is 225 g/mol. The third kappa shape index (κ3) is 2.05. The van der Waals surface area contributed by atoms with Crippen molar-refractivity contribution in [2.75, 3.05) is 6.61 Å². The number of halogens is 1. The number of hydrogen-bond acceptors (Lipinski definition) is 3. The molecule has 0 aliphatic heterocycles. The molecule has 2 nitrogen and oxygen atoms in total. The highest BCUT2D eigenvalue weighted by Gasteiger charge is 2.03. The fourth-order valence-corrected chi connectivity index (χ4v) is 1.92. The molecular formula is C10H8ClNOS. The molecule has 0 N–H and O–H groups in total. The first kappa shape index (κ1) is 9.49. The van der Waals surface area contributed by atoms with Gasteiger partial charge in [-0.25, -0.2) is 4.98 Å². The molecule has 0 atom stereocenters. The van der Waals surface area contributed by atoms with Gasteiger partial charge in [0.15, 0.2) is 0 Å². The minimum atomic E-state index is 0.307. The van der Waals surface area contributed by atoms with Crippen molar-refractivity contribution in [1.29, 1.82) is 0 Å². The number of nitrogens with zero attached hydrogens (tertiary/aromatic N) is 1. The molecule has 0 bridgehead atoms. The number of benzene rings is 1. The lowest BCUT2D eigenvalue weighted by Crippen LogP contribution is -1.94. The van der Waals surface area contributed by atoms with Gasteiger partial charge in [-0.15, -0.1) is 0 Å². The number of thiazole rings is 1. The molecule has 0 spiro atoms. The van der Waals surface area contributed by atoms with Crippen LogP contribution in [0.3, 0.4) is 0 Å². The lowest BCUT2D eigenvalue weighted by atomic mass is 10.3. The van der Waals surface area contributed by atoms with Gasteiger partial charge in [0, 0.05) is 5.03 Å². The maximum absolute atomic E-state index is 5.58. The van der Waals surface area contributed by atoms with E-state index in [4.69, 9.17) is 16.3 Å². The molecule has 0 saturated carbocycles. The van der Waals surface area contributed by atoms with Crippen molar-refractivity contribution in [2.24, 2.45) is 0 Å². The first-order valence-electron chi connectivity index (χ1n) is 4.07. The first-order valence-corrected chi connectivity index (χ1v) is 5.27. The van der Waals surface area contributed by atoms with Gasteiger partial charge in [0.2, 0.25) is 0 Å². The lowest BCUT2D eigenvalue weighted by Gasteiger charge is -1.97. The van der Waals surface area contributed by atoms with Crippen LogP contribution < -0.4 is 4.74 Å². The average molecular weight is 226 g/mol. The number of ether oxygens (including phenoxy) is 1. The van der Waals surface area contributed by atoms with E-state index in [2.05, 4.69) is 11.6 Å². The van der Waals surface area contributed by atoms with Gasteiger partial charge in [-0.3, -0.25) is 0 Å². The van der Waals surface area contributed by atoms with Crippen molar-refractivity contribution in [3.05, 3.63) is 35.9 Å². The summed E-state index contributed by atoms with van der Waals surface area (Å²) in [5.74, 6) is 0. The highest BCUT2D eigenvalue weighted by atomic mass is 35.5. The van der Waals surface area contributed by atoms with Crippen LogP contribution in [-0.2, 0) is 0 Å². The zero-order chi connectivity index (χ0) is 9.97. The quantitative estimate of drug-likeness (QED) is 0.799. The second-order valence-electron chi connectivity index (χ2n) is 2.75. The third-order valence-electron chi connectivity index (χ3n) is 1.63. The number of hydrogen-bond donors (Lipinski definition) is 0. The molecule has 0 amide bonds. The Morgan fingerprint density at radius 1 is 1.50 bits per heavy atom. The Labute approximate surface area is 90.8 Å². The molecule has 0 aliphatic carbocycles. The van der Waals surface area contributed by atoms with Gasteiger partial charge >= 0.3 is 0 Å². The van der Waals surface area contributed by atoms with E-state index in [1.807, 2.05) is 24.3 Å². The summed E-state index contributed by atoms with van der Waals surface area (Å²) in [6.07, 6.45) is 0. The normalized spacial score (nSPS) is 10.4. The van der Waals surface area contributed by atoms with E-state index in [0.717, 1.165) is 10.2 Å². The number of rotatable bonds is 3. The predicted molar refractivity (Wildman–Crippen MR) is 60.1 cm³/mol. The summed E-state index contributed by atoms with van der Waals surface area (Å²) in [6, 6.07) is 7.89. The van der Waals surface area contributed by atoms with E-state index in [1.54, 1.807) is 0 Å². The topological polar surface area (TPSA) is 22.1 Å². The molecule has 0 saturated heterocycles. The Balaban J connectivity index is 2.22. The maximum Gasteiger partial charge on any atom is 0.274 e. The molecule has 1 heterocycles. The fourth-order valence-electron chi connectivity index (χ4n) is 1.05. The molecule has 4 heteroatoms. The first-order chi connectivity index (χ1) is 6.75. The molecule has 1 aromatic heterocycles. The van der Waals surface area contributed by atoms with E-state index in [0.29, 0.717) is 16.8 Å². The summed E-state index contributed by atoms with van der Waals surface area (Å²) >= 11 is 7.09. The minimum Gasteiger partial charge on any atom is -0.464 e. The zero-order valence-electron chi connectivity index (χ0n) is 7.37. The van der Waals surface area contributed by atoms with E-state index < -0.39 is 0 Å². The van der Waals surface area contributed by atoms with Crippen LogP contribution in [0.5, 0.6) is 5.19 Å². The van der Waals surface area contributed by atoms with Crippen molar-refractivity contribution < 1.29 is 4.74 Å². The number of aromatic nitrogens is 1. The molecule has 72 valence electrons. The van der Waals surface area contributed by atoms with Crippen molar-refractivity contribution in [3.8, 4) is 5.19 Å². The molecule has 0 aliphatic rings. The van der Waals surface area contributed by atoms with Gasteiger partial charge in [0.05, 0.1) is 10.2 Å². The van der Waals surface area contributed by atoms with Crippen LogP contribution in [-0.4, -0.2) is 11.6 Å². The molecule has 0 fully saturated rings. The smallest absolute Gasteiger partial charge is 0.274 e. The van der Waals surface area contributed by atoms with E-state index in [9.17, 15) is 0 Å². The molecule has 2 aromatic rings. The van der Waals surface area contributed by atoms with Gasteiger partial charge in [-0.05, 0) is 12.1 Å². The maximum atomic E-state index is 5.58. The van der Waals surface area contributed by atoms with Crippen LogP contribution in [0.1, 0.15) is 0 Å². The summed E-state index contributed by atoms with van der Waals surface area (Å²) in [7, 11) is 0. The molecule has 14 heavy (non-hydrogen) atoms. The summed E-state index contributed by atoms with van der Waals surface area (Å²) in [4.78, 5) is 4.28. The van der Waals surface area contributed by atoms with Crippen LogP contribution in [0.15, 0.2) is 35.9 Å². The van der Waals surface area contributed by atoms with E-state index in [1.165, 1.54) is 11.3 Å². The molecule has 1 aromatic carbocycles. The standard InChI is InChI=1S/C10H8ClNOS/c1-7(11)6-13-10-12-8-4-2-3-5-9(8)14-10/h2-5H,1,6H2. The Morgan fingerprint density at radius 3 is 3.00 bits per heavy atom. The van der Waals surface area contributed by atoms with Gasteiger partial charge in [0.25, 0.3) is 5.19 Å². The largest absolute Gasteiger partial charge is 0.464 e. The van der Waals surface area contributed by atoms with Crippen molar-refractivity contribution in [1.82, 2.24) is 4.98 Å². The SMILES string of the molecule is C=C(Cl)COc1nc2ccccc2s1. The lowest BCUT2D eigenvalue weighted by molar-refractivity contribution is 0.358. The van der Waals surface area contributed by atoms with Crippen molar-refractivity contribution in [3.63, 3.8) is 0 Å². The number of para-hydroxylation sites is 1. The molecular weight excluding hydrogens is 218 g/mol. The van der Waals surface area contributed by atoms with E-state index >= 15 is 0 Å². The van der Waals surface area contributed by atoms with Gasteiger partial charge in [-0.2, -0.15) is 0 Å². The molecule has 0 unspecified atom stereocenters. The minimum absolute atomic E-state index is 0.307. The summed E-state index contributed by atoms with van der Waals surface area (Å²) in [6.45, 7) is 3.85. The van der Waals surface area contributed by atoms with Crippen LogP contribution in [0.4, 0.5) is 0 Å². The van der Waals surface area contributed by atoms with Crippen LogP contribution in [0, 0.1) is 0 Å². The Bertz CT molecular complexity index is 433. The average Bonchev–Trinajstić information content (AvgIpc) is 2.57. The van der Waals surface area contributed by atoms with Crippen LogP contribution in [0.25, 0.3) is 10.2 Å². The summed E-state index contributed by atoms with van der Waals surface area (Å²) < 4.78 is 6.44.